The van der Waals surface area contributed by atoms with Gasteiger partial charge in [-0.3, -0.25) is 4.79 Å². The van der Waals surface area contributed by atoms with Crippen molar-refractivity contribution >= 4 is 17.3 Å². The van der Waals surface area contributed by atoms with Crippen LogP contribution in [0, 0.1) is 6.92 Å². The summed E-state index contributed by atoms with van der Waals surface area (Å²) in [7, 11) is 0. The van der Waals surface area contributed by atoms with Gasteiger partial charge in [-0.2, -0.15) is 0 Å². The molecule has 0 aliphatic carbocycles. The van der Waals surface area contributed by atoms with Crippen LogP contribution in [0.25, 0.3) is 11.3 Å². The fraction of sp³-hybridized carbons (Fsp3) is 0.0588. The number of carbonyl (C=O) groups excluding carboxylic acids is 1. The minimum absolute atomic E-state index is 0.199. The topological polar surface area (TPSA) is 81.2 Å². The zero-order chi connectivity index (χ0) is 15.5. The summed E-state index contributed by atoms with van der Waals surface area (Å²) in [5, 5.41) is 2.83. The van der Waals surface area contributed by atoms with Gasteiger partial charge < -0.3 is 15.5 Å². The summed E-state index contributed by atoms with van der Waals surface area (Å²) < 4.78 is 5.46. The van der Waals surface area contributed by atoms with E-state index >= 15 is 0 Å². The fourth-order valence-electron chi connectivity index (χ4n) is 2.10. The van der Waals surface area contributed by atoms with Crippen LogP contribution >= 0.6 is 0 Å². The van der Waals surface area contributed by atoms with Crippen LogP contribution in [0.1, 0.15) is 16.2 Å². The van der Waals surface area contributed by atoms with Gasteiger partial charge in [-0.1, -0.05) is 6.07 Å². The average molecular weight is 293 g/mol. The average Bonchev–Trinajstić information content (AvgIpc) is 2.94. The fourth-order valence-corrected chi connectivity index (χ4v) is 2.10. The molecular weight excluding hydrogens is 278 g/mol. The molecule has 0 aliphatic heterocycles. The summed E-state index contributed by atoms with van der Waals surface area (Å²) in [4.78, 5) is 16.2. The maximum atomic E-state index is 12.1. The van der Waals surface area contributed by atoms with Crippen LogP contribution in [0.5, 0.6) is 0 Å². The molecule has 0 spiro atoms. The van der Waals surface area contributed by atoms with Gasteiger partial charge >= 0.3 is 0 Å². The smallest absolute Gasteiger partial charge is 0.255 e. The molecule has 2 aromatic carbocycles. The molecule has 0 fully saturated rings. The van der Waals surface area contributed by atoms with E-state index in [1.54, 1.807) is 37.4 Å². The van der Waals surface area contributed by atoms with Crippen LogP contribution in [0.4, 0.5) is 11.4 Å². The van der Waals surface area contributed by atoms with Crippen molar-refractivity contribution < 1.29 is 9.21 Å². The van der Waals surface area contributed by atoms with Gasteiger partial charge in [-0.15, -0.1) is 0 Å². The summed E-state index contributed by atoms with van der Waals surface area (Å²) in [6, 6.07) is 14.2. The molecule has 0 atom stereocenters. The van der Waals surface area contributed by atoms with Gasteiger partial charge in [-0.25, -0.2) is 4.98 Å². The Morgan fingerprint density at radius 1 is 1.18 bits per heavy atom. The molecule has 1 heterocycles. The molecule has 5 nitrogen and oxygen atoms in total. The molecular formula is C17H15N3O2. The second-order valence-corrected chi connectivity index (χ2v) is 4.90. The normalized spacial score (nSPS) is 10.4. The number of nitrogens with zero attached hydrogens (tertiary/aromatic N) is 1. The summed E-state index contributed by atoms with van der Waals surface area (Å²) in [6.07, 6.45) is 1.68. The second-order valence-electron chi connectivity index (χ2n) is 4.90. The first-order chi connectivity index (χ1) is 10.6. The van der Waals surface area contributed by atoms with E-state index in [0.29, 0.717) is 28.6 Å². The van der Waals surface area contributed by atoms with E-state index in [0.717, 1.165) is 5.56 Å². The van der Waals surface area contributed by atoms with Gasteiger partial charge in [0, 0.05) is 29.4 Å². The van der Waals surface area contributed by atoms with E-state index in [1.807, 2.05) is 24.3 Å². The summed E-state index contributed by atoms with van der Waals surface area (Å²) >= 11 is 0. The Labute approximate surface area is 127 Å². The van der Waals surface area contributed by atoms with Gasteiger partial charge in [0.05, 0.1) is 6.20 Å². The Hall–Kier alpha value is -3.08. The Bertz CT molecular complexity index is 807. The van der Waals surface area contributed by atoms with E-state index < -0.39 is 0 Å². The van der Waals surface area contributed by atoms with Crippen LogP contribution < -0.4 is 11.1 Å². The number of nitrogens with one attached hydrogen (secondary N) is 1. The Kier molecular flexibility index (Phi) is 3.62. The van der Waals surface area contributed by atoms with E-state index in [-0.39, 0.29) is 5.91 Å². The van der Waals surface area contributed by atoms with Gasteiger partial charge in [0.25, 0.3) is 5.91 Å². The van der Waals surface area contributed by atoms with Crippen molar-refractivity contribution in [3.8, 4) is 11.3 Å². The first kappa shape index (κ1) is 13.9. The molecule has 3 aromatic rings. The van der Waals surface area contributed by atoms with E-state index in [2.05, 4.69) is 10.3 Å². The minimum Gasteiger partial charge on any atom is -0.441 e. The lowest BCUT2D eigenvalue weighted by atomic mass is 10.1. The number of aromatic nitrogens is 1. The molecule has 0 bridgehead atoms. The molecule has 0 saturated heterocycles. The Morgan fingerprint density at radius 2 is 1.95 bits per heavy atom. The quantitative estimate of drug-likeness (QED) is 0.724. The zero-order valence-electron chi connectivity index (χ0n) is 12.0. The largest absolute Gasteiger partial charge is 0.441 e. The molecule has 0 aliphatic rings. The molecule has 0 radical (unpaired) electrons. The third kappa shape index (κ3) is 2.98. The number of nitrogen functional groups attached to an aromatic ring is 1. The van der Waals surface area contributed by atoms with E-state index in [4.69, 9.17) is 10.2 Å². The number of nitrogens with two attached hydrogens (primary N) is 1. The molecule has 1 amide bonds. The highest BCUT2D eigenvalue weighted by Gasteiger charge is 2.07. The zero-order valence-corrected chi connectivity index (χ0v) is 12.0. The third-order valence-corrected chi connectivity index (χ3v) is 3.20. The second kappa shape index (κ2) is 5.73. The molecule has 0 saturated carbocycles. The van der Waals surface area contributed by atoms with Gasteiger partial charge in [0.2, 0.25) is 0 Å². The van der Waals surface area contributed by atoms with Crippen molar-refractivity contribution in [2.75, 3.05) is 11.1 Å². The maximum absolute atomic E-state index is 12.1. The van der Waals surface area contributed by atoms with Crippen molar-refractivity contribution in [1.82, 2.24) is 4.98 Å². The Balaban J connectivity index is 1.75. The number of carbonyl (C=O) groups is 1. The van der Waals surface area contributed by atoms with Crippen LogP contribution in [-0.4, -0.2) is 10.9 Å². The molecule has 1 aromatic heterocycles. The molecule has 22 heavy (non-hydrogen) atoms. The van der Waals surface area contributed by atoms with Crippen molar-refractivity contribution in [3.05, 3.63) is 66.2 Å². The van der Waals surface area contributed by atoms with Crippen LogP contribution in [-0.2, 0) is 0 Å². The van der Waals surface area contributed by atoms with Gasteiger partial charge in [0.1, 0.15) is 0 Å². The lowest BCUT2D eigenvalue weighted by molar-refractivity contribution is 0.102. The van der Waals surface area contributed by atoms with E-state index in [1.165, 1.54) is 0 Å². The summed E-state index contributed by atoms with van der Waals surface area (Å²) in [5.74, 6) is 1.12. The van der Waals surface area contributed by atoms with Crippen LogP contribution in [0.2, 0.25) is 0 Å². The highest BCUT2D eigenvalue weighted by Crippen LogP contribution is 2.22. The molecule has 110 valence electrons. The first-order valence-electron chi connectivity index (χ1n) is 6.81. The van der Waals surface area contributed by atoms with Gasteiger partial charge in [0.15, 0.2) is 11.7 Å². The predicted molar refractivity (Wildman–Crippen MR) is 85.5 cm³/mol. The minimum atomic E-state index is -0.199. The molecule has 3 rings (SSSR count). The standard InChI is InChI=1S/C17H15N3O2/c1-11-19-10-16(22-11)12-5-7-15(8-6-12)20-17(21)13-3-2-4-14(18)9-13/h2-10H,18H2,1H3,(H,20,21). The van der Waals surface area contributed by atoms with Gasteiger partial charge in [-0.05, 0) is 42.5 Å². The first-order valence-corrected chi connectivity index (χ1v) is 6.81. The molecule has 3 N–H and O–H groups in total. The predicted octanol–water partition coefficient (Wildman–Crippen LogP) is 3.48. The SMILES string of the molecule is Cc1ncc(-c2ccc(NC(=O)c3cccc(N)c3)cc2)o1. The number of aryl methyl sites for hydroxylation is 1. The number of hydrogen-bond acceptors (Lipinski definition) is 4. The molecule has 5 heteroatoms. The monoisotopic (exact) mass is 293 g/mol. The third-order valence-electron chi connectivity index (χ3n) is 3.20. The van der Waals surface area contributed by atoms with Crippen molar-refractivity contribution in [2.24, 2.45) is 0 Å². The number of anilines is 2. The maximum Gasteiger partial charge on any atom is 0.255 e. The highest BCUT2D eigenvalue weighted by molar-refractivity contribution is 6.04. The van der Waals surface area contributed by atoms with Crippen LogP contribution in [0.3, 0.4) is 0 Å². The summed E-state index contributed by atoms with van der Waals surface area (Å²) in [6.45, 7) is 1.80. The number of hydrogen-bond donors (Lipinski definition) is 2. The highest BCUT2D eigenvalue weighted by atomic mass is 16.4. The number of benzene rings is 2. The number of rotatable bonds is 3. The Morgan fingerprint density at radius 3 is 2.59 bits per heavy atom. The van der Waals surface area contributed by atoms with Crippen molar-refractivity contribution in [2.45, 2.75) is 6.92 Å². The van der Waals surface area contributed by atoms with Crippen LogP contribution in [0.15, 0.2) is 59.1 Å². The number of oxazole rings is 1. The van der Waals surface area contributed by atoms with Crippen molar-refractivity contribution in [3.63, 3.8) is 0 Å². The van der Waals surface area contributed by atoms with E-state index in [9.17, 15) is 4.79 Å². The lowest BCUT2D eigenvalue weighted by Gasteiger charge is -2.06. The van der Waals surface area contributed by atoms with Crippen molar-refractivity contribution in [1.29, 1.82) is 0 Å². The number of amides is 1. The molecule has 0 unspecified atom stereocenters. The summed E-state index contributed by atoms with van der Waals surface area (Å²) in [5.41, 5.74) is 8.37. The lowest BCUT2D eigenvalue weighted by Crippen LogP contribution is -2.11.